The van der Waals surface area contributed by atoms with E-state index in [2.05, 4.69) is 86.9 Å². The number of nitrogens with zero attached hydrogens (tertiary/aromatic N) is 2. The van der Waals surface area contributed by atoms with Crippen LogP contribution < -0.4 is 14.5 Å². The highest BCUT2D eigenvalue weighted by atomic mass is 16.5. The Morgan fingerprint density at radius 1 is 0.718 bits per heavy atom. The van der Waals surface area contributed by atoms with E-state index in [-0.39, 0.29) is 11.9 Å². The number of carbonyl (C=O) groups is 1. The van der Waals surface area contributed by atoms with Crippen molar-refractivity contribution in [2.75, 3.05) is 42.6 Å². The first-order chi connectivity index (χ1) is 19.1. The largest absolute Gasteiger partial charge is 0.462 e. The molecule has 0 saturated heterocycles. The van der Waals surface area contributed by atoms with Crippen molar-refractivity contribution in [3.8, 4) is 11.5 Å². The van der Waals surface area contributed by atoms with Gasteiger partial charge >= 0.3 is 5.97 Å². The summed E-state index contributed by atoms with van der Waals surface area (Å²) >= 11 is 0. The summed E-state index contributed by atoms with van der Waals surface area (Å²) in [6.07, 6.45) is 4.29. The van der Waals surface area contributed by atoms with Gasteiger partial charge in [0.25, 0.3) is 0 Å². The molecule has 5 nitrogen and oxygen atoms in total. The summed E-state index contributed by atoms with van der Waals surface area (Å²) in [5.41, 5.74) is 5.99. The zero-order valence-electron chi connectivity index (χ0n) is 24.3. The molecule has 208 valence electrons. The topological polar surface area (TPSA) is 42.0 Å². The highest BCUT2D eigenvalue weighted by Crippen LogP contribution is 2.50. The van der Waals surface area contributed by atoms with Crippen LogP contribution >= 0.6 is 0 Å². The van der Waals surface area contributed by atoms with E-state index in [0.717, 1.165) is 91.4 Å². The minimum Gasteiger partial charge on any atom is -0.462 e. The first-order valence-corrected chi connectivity index (χ1v) is 14.8. The van der Waals surface area contributed by atoms with Gasteiger partial charge < -0.3 is 19.3 Å². The van der Waals surface area contributed by atoms with E-state index < -0.39 is 0 Å². The van der Waals surface area contributed by atoms with Gasteiger partial charge in [-0.3, -0.25) is 0 Å². The average molecular weight is 529 g/mol. The van der Waals surface area contributed by atoms with Gasteiger partial charge in [0.1, 0.15) is 11.5 Å². The lowest BCUT2D eigenvalue weighted by Crippen LogP contribution is -2.23. The van der Waals surface area contributed by atoms with Crippen molar-refractivity contribution < 1.29 is 14.3 Å². The van der Waals surface area contributed by atoms with Crippen molar-refractivity contribution in [1.82, 2.24) is 0 Å². The molecule has 3 aromatic rings. The van der Waals surface area contributed by atoms with Crippen LogP contribution in [0.3, 0.4) is 0 Å². The van der Waals surface area contributed by atoms with E-state index in [1.54, 1.807) is 0 Å². The third kappa shape index (κ3) is 6.24. The molecular formula is C34H44N2O3. The van der Waals surface area contributed by atoms with Gasteiger partial charge in [-0.05, 0) is 57.9 Å². The van der Waals surface area contributed by atoms with E-state index in [0.29, 0.717) is 12.2 Å². The van der Waals surface area contributed by atoms with Crippen LogP contribution in [-0.2, 0) is 4.74 Å². The van der Waals surface area contributed by atoms with Crippen LogP contribution in [0.2, 0.25) is 0 Å². The molecule has 1 heterocycles. The Kier molecular flexibility index (Phi) is 9.91. The van der Waals surface area contributed by atoms with Crippen molar-refractivity contribution in [2.45, 2.75) is 66.2 Å². The standard InChI is InChI=1S/C34H44N2O3/c1-6-11-12-15-22-38-34(37)28-17-14-13-16-27(28)33-29-20-18-25(35(7-2)8-3)23-31(29)39-32-24-26(19-21-30(32)33)36(9-4)10-5/h13-14,16-21,23-24,33H,6-12,15,22H2,1-5H3. The smallest absolute Gasteiger partial charge is 0.338 e. The van der Waals surface area contributed by atoms with E-state index in [4.69, 9.17) is 9.47 Å². The van der Waals surface area contributed by atoms with Crippen molar-refractivity contribution in [3.05, 3.63) is 82.9 Å². The van der Waals surface area contributed by atoms with Gasteiger partial charge in [-0.1, -0.05) is 56.5 Å². The van der Waals surface area contributed by atoms with Crippen molar-refractivity contribution in [1.29, 1.82) is 0 Å². The van der Waals surface area contributed by atoms with Crippen LogP contribution in [-0.4, -0.2) is 38.8 Å². The summed E-state index contributed by atoms with van der Waals surface area (Å²) in [5, 5.41) is 0. The van der Waals surface area contributed by atoms with Gasteiger partial charge in [0.2, 0.25) is 0 Å². The minimum atomic E-state index is -0.254. The predicted molar refractivity (Wildman–Crippen MR) is 162 cm³/mol. The molecule has 0 atom stereocenters. The maximum absolute atomic E-state index is 13.3. The molecule has 0 fully saturated rings. The fourth-order valence-corrected chi connectivity index (χ4v) is 5.60. The van der Waals surface area contributed by atoms with Crippen LogP contribution in [0.4, 0.5) is 11.4 Å². The number of esters is 1. The van der Waals surface area contributed by atoms with Crippen molar-refractivity contribution in [3.63, 3.8) is 0 Å². The molecule has 4 rings (SSSR count). The maximum atomic E-state index is 13.3. The molecule has 0 amide bonds. The van der Waals surface area contributed by atoms with Gasteiger partial charge in [0.15, 0.2) is 0 Å². The molecule has 0 saturated carbocycles. The van der Waals surface area contributed by atoms with E-state index in [1.807, 2.05) is 18.2 Å². The second-order valence-corrected chi connectivity index (χ2v) is 10.1. The van der Waals surface area contributed by atoms with Crippen LogP contribution in [0.25, 0.3) is 0 Å². The van der Waals surface area contributed by atoms with Gasteiger partial charge in [-0.2, -0.15) is 0 Å². The Balaban J connectivity index is 1.79. The summed E-state index contributed by atoms with van der Waals surface area (Å²) in [5.74, 6) is 1.30. The van der Waals surface area contributed by atoms with E-state index in [9.17, 15) is 4.79 Å². The van der Waals surface area contributed by atoms with Gasteiger partial charge in [-0.25, -0.2) is 4.79 Å². The Bertz CT molecular complexity index is 1190. The predicted octanol–water partition coefficient (Wildman–Crippen LogP) is 8.40. The molecule has 3 aromatic carbocycles. The normalized spacial score (nSPS) is 12.3. The highest BCUT2D eigenvalue weighted by molar-refractivity contribution is 5.92. The molecule has 0 radical (unpaired) electrons. The average Bonchev–Trinajstić information content (AvgIpc) is 2.97. The number of carbonyl (C=O) groups excluding carboxylic acids is 1. The van der Waals surface area contributed by atoms with Crippen molar-refractivity contribution >= 4 is 17.3 Å². The lowest BCUT2D eigenvalue weighted by Gasteiger charge is -2.32. The SMILES string of the molecule is CCCCCCOC(=O)c1ccccc1C1c2ccc(N(CC)CC)cc2Oc2cc(N(CC)CC)ccc21. The molecule has 0 bridgehead atoms. The number of benzene rings is 3. The number of hydrogen-bond acceptors (Lipinski definition) is 5. The third-order valence-electron chi connectivity index (χ3n) is 7.82. The summed E-state index contributed by atoms with van der Waals surface area (Å²) in [6.45, 7) is 15.0. The number of ether oxygens (including phenoxy) is 2. The zero-order valence-corrected chi connectivity index (χ0v) is 24.3. The van der Waals surface area contributed by atoms with Gasteiger partial charge in [0, 0.05) is 66.7 Å². The zero-order chi connectivity index (χ0) is 27.8. The number of unbranched alkanes of at least 4 members (excludes halogenated alkanes) is 3. The fourth-order valence-electron chi connectivity index (χ4n) is 5.60. The molecule has 0 unspecified atom stereocenters. The summed E-state index contributed by atoms with van der Waals surface area (Å²) in [4.78, 5) is 18.0. The first-order valence-electron chi connectivity index (χ1n) is 14.8. The quantitative estimate of drug-likeness (QED) is 0.129. The Hall–Kier alpha value is -3.47. The fraction of sp³-hybridized carbons (Fsp3) is 0.441. The number of anilines is 2. The lowest BCUT2D eigenvalue weighted by atomic mass is 9.80. The van der Waals surface area contributed by atoms with Crippen LogP contribution in [0.1, 0.15) is 93.3 Å². The van der Waals surface area contributed by atoms with E-state index in [1.165, 1.54) is 0 Å². The third-order valence-corrected chi connectivity index (χ3v) is 7.82. The second-order valence-electron chi connectivity index (χ2n) is 10.1. The van der Waals surface area contributed by atoms with Crippen LogP contribution in [0, 0.1) is 0 Å². The second kappa shape index (κ2) is 13.5. The Morgan fingerprint density at radius 3 is 1.82 bits per heavy atom. The Labute approximate surface area is 234 Å². The molecule has 0 N–H and O–H groups in total. The van der Waals surface area contributed by atoms with Crippen LogP contribution in [0.5, 0.6) is 11.5 Å². The summed E-state index contributed by atoms with van der Waals surface area (Å²) in [6, 6.07) is 20.9. The molecular weight excluding hydrogens is 484 g/mol. The molecule has 5 heteroatoms. The number of hydrogen-bond donors (Lipinski definition) is 0. The minimum absolute atomic E-state index is 0.135. The van der Waals surface area contributed by atoms with E-state index >= 15 is 0 Å². The summed E-state index contributed by atoms with van der Waals surface area (Å²) < 4.78 is 12.4. The summed E-state index contributed by atoms with van der Waals surface area (Å²) in [7, 11) is 0. The molecule has 0 spiro atoms. The first kappa shape index (κ1) is 28.5. The number of rotatable bonds is 13. The van der Waals surface area contributed by atoms with Crippen molar-refractivity contribution in [2.24, 2.45) is 0 Å². The molecule has 1 aliphatic heterocycles. The monoisotopic (exact) mass is 528 g/mol. The lowest BCUT2D eigenvalue weighted by molar-refractivity contribution is 0.0496. The molecule has 0 aromatic heterocycles. The van der Waals surface area contributed by atoms with Crippen LogP contribution in [0.15, 0.2) is 60.7 Å². The number of fused-ring (bicyclic) bond motifs is 2. The highest BCUT2D eigenvalue weighted by Gasteiger charge is 2.32. The maximum Gasteiger partial charge on any atom is 0.338 e. The van der Waals surface area contributed by atoms with Gasteiger partial charge in [0.05, 0.1) is 12.2 Å². The molecule has 39 heavy (non-hydrogen) atoms. The Morgan fingerprint density at radius 2 is 1.28 bits per heavy atom. The van der Waals surface area contributed by atoms with Gasteiger partial charge in [-0.15, -0.1) is 0 Å². The molecule has 1 aliphatic rings. The molecule has 0 aliphatic carbocycles.